The van der Waals surface area contributed by atoms with Crippen LogP contribution in [0.1, 0.15) is 13.8 Å². The first-order valence-electron chi connectivity index (χ1n) is 5.68. The Morgan fingerprint density at radius 1 is 1.33 bits per heavy atom. The lowest BCUT2D eigenvalue weighted by molar-refractivity contribution is -0.147. The number of amides is 3. The Balaban J connectivity index is 2.76. The molecule has 102 valence electrons. The highest BCUT2D eigenvalue weighted by Crippen LogP contribution is 2.16. The van der Waals surface area contributed by atoms with Gasteiger partial charge in [-0.1, -0.05) is 0 Å². The van der Waals surface area contributed by atoms with E-state index in [0.29, 0.717) is 13.1 Å². The fraction of sp³-hybridized carbons (Fsp3) is 0.727. The number of carbonyl (C=O) groups excluding carboxylic acids is 2. The van der Waals surface area contributed by atoms with E-state index >= 15 is 0 Å². The lowest BCUT2D eigenvalue weighted by atomic mass is 10.0. The van der Waals surface area contributed by atoms with Gasteiger partial charge in [0.1, 0.15) is 12.1 Å². The van der Waals surface area contributed by atoms with Gasteiger partial charge in [0, 0.05) is 27.2 Å². The van der Waals surface area contributed by atoms with Crippen molar-refractivity contribution in [3.63, 3.8) is 0 Å². The number of piperazine rings is 1. The van der Waals surface area contributed by atoms with Crippen molar-refractivity contribution in [3.05, 3.63) is 0 Å². The van der Waals surface area contributed by atoms with Crippen LogP contribution >= 0.6 is 0 Å². The van der Waals surface area contributed by atoms with Gasteiger partial charge in [0.2, 0.25) is 5.91 Å². The van der Waals surface area contributed by atoms with E-state index in [0.717, 1.165) is 4.90 Å². The fourth-order valence-electron chi connectivity index (χ4n) is 1.52. The maximum absolute atomic E-state index is 12.1. The highest BCUT2D eigenvalue weighted by atomic mass is 16.4. The molecule has 0 aliphatic carbocycles. The van der Waals surface area contributed by atoms with Crippen molar-refractivity contribution < 1.29 is 19.5 Å². The lowest BCUT2D eigenvalue weighted by Crippen LogP contribution is -2.59. The summed E-state index contributed by atoms with van der Waals surface area (Å²) < 4.78 is 0. The van der Waals surface area contributed by atoms with E-state index < -0.39 is 17.5 Å². The number of carboxylic acid groups (broad SMARTS) is 1. The van der Waals surface area contributed by atoms with E-state index in [1.165, 1.54) is 25.8 Å². The number of carboxylic acids is 1. The molecule has 1 fully saturated rings. The van der Waals surface area contributed by atoms with Crippen LogP contribution in [0.25, 0.3) is 0 Å². The summed E-state index contributed by atoms with van der Waals surface area (Å²) in [6.07, 6.45) is 0. The monoisotopic (exact) mass is 257 g/mol. The molecule has 1 aliphatic rings. The SMILES string of the molecule is CN1CCN(C(=O)N(C)C(C)(C)C(=O)O)CC1=O. The summed E-state index contributed by atoms with van der Waals surface area (Å²) >= 11 is 0. The van der Waals surface area contributed by atoms with Crippen molar-refractivity contribution in [2.45, 2.75) is 19.4 Å². The minimum atomic E-state index is -1.30. The first-order chi connectivity index (χ1) is 8.17. The van der Waals surface area contributed by atoms with Crippen LogP contribution < -0.4 is 0 Å². The average Bonchev–Trinajstić information content (AvgIpc) is 2.30. The highest BCUT2D eigenvalue weighted by Gasteiger charge is 2.38. The maximum atomic E-state index is 12.1. The van der Waals surface area contributed by atoms with Crippen LogP contribution in [0.3, 0.4) is 0 Å². The van der Waals surface area contributed by atoms with Crippen molar-refractivity contribution in [2.24, 2.45) is 0 Å². The molecule has 7 heteroatoms. The van der Waals surface area contributed by atoms with Gasteiger partial charge in [-0.3, -0.25) is 4.79 Å². The van der Waals surface area contributed by atoms with Crippen molar-refractivity contribution in [1.82, 2.24) is 14.7 Å². The molecule has 0 spiro atoms. The number of nitrogens with zero attached hydrogens (tertiary/aromatic N) is 3. The minimum absolute atomic E-state index is 0.00459. The van der Waals surface area contributed by atoms with Crippen molar-refractivity contribution in [1.29, 1.82) is 0 Å². The Morgan fingerprint density at radius 2 is 1.89 bits per heavy atom. The Bertz CT molecular complexity index is 380. The second kappa shape index (κ2) is 4.83. The van der Waals surface area contributed by atoms with E-state index in [-0.39, 0.29) is 12.5 Å². The molecular formula is C11H19N3O4. The molecule has 1 N–H and O–H groups in total. The van der Waals surface area contributed by atoms with Crippen LogP contribution in [-0.4, -0.2) is 77.0 Å². The Morgan fingerprint density at radius 3 is 2.33 bits per heavy atom. The minimum Gasteiger partial charge on any atom is -0.480 e. The smallest absolute Gasteiger partial charge is 0.329 e. The van der Waals surface area contributed by atoms with Crippen LogP contribution in [0, 0.1) is 0 Å². The number of hydrogen-bond donors (Lipinski definition) is 1. The van der Waals surface area contributed by atoms with Gasteiger partial charge in [0.05, 0.1) is 0 Å². The quantitative estimate of drug-likeness (QED) is 0.735. The third-order valence-corrected chi connectivity index (χ3v) is 3.38. The Hall–Kier alpha value is -1.79. The fourth-order valence-corrected chi connectivity index (χ4v) is 1.52. The molecule has 1 rings (SSSR count). The largest absolute Gasteiger partial charge is 0.480 e. The summed E-state index contributed by atoms with van der Waals surface area (Å²) in [4.78, 5) is 38.8. The Labute approximate surface area is 106 Å². The van der Waals surface area contributed by atoms with Gasteiger partial charge in [0.25, 0.3) is 0 Å². The van der Waals surface area contributed by atoms with Crippen LogP contribution in [0.15, 0.2) is 0 Å². The molecule has 1 heterocycles. The number of urea groups is 1. The van der Waals surface area contributed by atoms with Gasteiger partial charge < -0.3 is 19.8 Å². The number of aliphatic carboxylic acids is 1. The van der Waals surface area contributed by atoms with Crippen LogP contribution in [0.5, 0.6) is 0 Å². The molecule has 18 heavy (non-hydrogen) atoms. The summed E-state index contributed by atoms with van der Waals surface area (Å²) in [5.41, 5.74) is -1.30. The van der Waals surface area contributed by atoms with Gasteiger partial charge in [-0.2, -0.15) is 0 Å². The second-order valence-corrected chi connectivity index (χ2v) is 4.94. The topological polar surface area (TPSA) is 81.2 Å². The third-order valence-electron chi connectivity index (χ3n) is 3.38. The predicted octanol–water partition coefficient (Wildman–Crippen LogP) is -0.325. The second-order valence-electron chi connectivity index (χ2n) is 4.94. The van der Waals surface area contributed by atoms with E-state index in [4.69, 9.17) is 5.11 Å². The van der Waals surface area contributed by atoms with E-state index in [1.54, 1.807) is 11.9 Å². The Kier molecular flexibility index (Phi) is 3.83. The summed E-state index contributed by atoms with van der Waals surface area (Å²) in [5, 5.41) is 9.07. The highest BCUT2D eigenvalue weighted by molar-refractivity contribution is 5.88. The number of carbonyl (C=O) groups is 3. The molecule has 0 unspecified atom stereocenters. The molecule has 7 nitrogen and oxygen atoms in total. The van der Waals surface area contributed by atoms with Crippen LogP contribution in [0.4, 0.5) is 4.79 Å². The first-order valence-corrected chi connectivity index (χ1v) is 5.68. The summed E-state index contributed by atoms with van der Waals surface area (Å²) in [7, 11) is 3.11. The third kappa shape index (κ3) is 2.55. The van der Waals surface area contributed by atoms with E-state index in [1.807, 2.05) is 0 Å². The molecule has 0 atom stereocenters. The van der Waals surface area contributed by atoms with Crippen molar-refractivity contribution >= 4 is 17.9 Å². The molecule has 0 aromatic rings. The number of likely N-dealkylation sites (N-methyl/N-ethyl adjacent to an activating group) is 2. The van der Waals surface area contributed by atoms with Gasteiger partial charge in [-0.25, -0.2) is 9.59 Å². The zero-order valence-corrected chi connectivity index (χ0v) is 11.1. The van der Waals surface area contributed by atoms with Gasteiger partial charge >= 0.3 is 12.0 Å². The average molecular weight is 257 g/mol. The van der Waals surface area contributed by atoms with Crippen LogP contribution in [0.2, 0.25) is 0 Å². The van der Waals surface area contributed by atoms with Gasteiger partial charge in [-0.05, 0) is 13.8 Å². The molecule has 0 bridgehead atoms. The van der Waals surface area contributed by atoms with Crippen molar-refractivity contribution in [3.8, 4) is 0 Å². The standard InChI is InChI=1S/C11H19N3O4/c1-11(2,9(16)17)13(4)10(18)14-6-5-12(3)8(15)7-14/h5-7H2,1-4H3,(H,16,17). The van der Waals surface area contributed by atoms with E-state index in [2.05, 4.69) is 0 Å². The molecular weight excluding hydrogens is 238 g/mol. The number of rotatable bonds is 2. The molecule has 0 aromatic carbocycles. The summed E-state index contributed by atoms with van der Waals surface area (Å²) in [5.74, 6) is -1.23. The lowest BCUT2D eigenvalue weighted by Gasteiger charge is -2.38. The van der Waals surface area contributed by atoms with Gasteiger partial charge in [-0.15, -0.1) is 0 Å². The van der Waals surface area contributed by atoms with Crippen LogP contribution in [-0.2, 0) is 9.59 Å². The normalized spacial score (nSPS) is 16.8. The summed E-state index contributed by atoms with van der Waals surface area (Å²) in [6.45, 7) is 3.78. The first kappa shape index (κ1) is 14.3. The van der Waals surface area contributed by atoms with E-state index in [9.17, 15) is 14.4 Å². The van der Waals surface area contributed by atoms with Gasteiger partial charge in [0.15, 0.2) is 0 Å². The zero-order valence-electron chi connectivity index (χ0n) is 11.1. The molecule has 3 amide bonds. The molecule has 0 saturated carbocycles. The van der Waals surface area contributed by atoms with Crippen molar-refractivity contribution in [2.75, 3.05) is 33.7 Å². The summed E-state index contributed by atoms with van der Waals surface area (Å²) in [6, 6.07) is -0.441. The molecule has 1 aliphatic heterocycles. The molecule has 1 saturated heterocycles. The predicted molar refractivity (Wildman–Crippen MR) is 64.1 cm³/mol. The maximum Gasteiger partial charge on any atom is 0.329 e. The molecule has 0 radical (unpaired) electrons. The number of hydrogen-bond acceptors (Lipinski definition) is 3. The zero-order chi connectivity index (χ0) is 14.1. The molecule has 0 aromatic heterocycles.